The van der Waals surface area contributed by atoms with Gasteiger partial charge in [-0.25, -0.2) is 9.59 Å². The summed E-state index contributed by atoms with van der Waals surface area (Å²) in [4.78, 5) is 55.4. The summed E-state index contributed by atoms with van der Waals surface area (Å²) < 4.78 is 39.1. The number of piperidine rings is 1. The number of rotatable bonds is 22. The van der Waals surface area contributed by atoms with Crippen LogP contribution >= 0.6 is 0 Å². The van der Waals surface area contributed by atoms with Crippen LogP contribution in [0.3, 0.4) is 0 Å². The van der Waals surface area contributed by atoms with Crippen LogP contribution in [-0.4, -0.2) is 113 Å². The normalized spacial score (nSPS) is 19.3. The predicted octanol–water partition coefficient (Wildman–Crippen LogP) is 6.21. The molecule has 0 spiro atoms. The van der Waals surface area contributed by atoms with E-state index < -0.39 is 42.5 Å². The van der Waals surface area contributed by atoms with Gasteiger partial charge in [0.15, 0.2) is 11.5 Å². The molecule has 0 aromatic heterocycles. The average Bonchev–Trinajstić information content (AvgIpc) is 3.53. The van der Waals surface area contributed by atoms with Crippen LogP contribution in [0.15, 0.2) is 18.2 Å². The minimum atomic E-state index is -0.881. The topological polar surface area (TPSA) is 165 Å². The van der Waals surface area contributed by atoms with E-state index in [9.17, 15) is 19.2 Å². The standard InChI is InChI=1S/C41H67N3O11/c1-27(2)30(21-29-11-12-35(50-9)37(22-29)51-20-10-19-49-8)23-33-36(24-32(28(3)4)34(45)13-16-41(5,6)38(42)46)52-25-44(33)39(47)53-26-54-40(48)55-31-14-17-43(7)18-15-31/h11-12,22,27-28,30-33,36H,10,13-21,23-26H2,1-9H3,(H2,42,46)/t30-,32-,33-,36-/m0/s1. The van der Waals surface area contributed by atoms with Crippen molar-refractivity contribution >= 4 is 23.9 Å². The molecule has 1 aromatic rings. The molecule has 2 fully saturated rings. The monoisotopic (exact) mass is 777 g/mol. The molecular weight excluding hydrogens is 710 g/mol. The van der Waals surface area contributed by atoms with E-state index in [2.05, 4.69) is 18.7 Å². The second-order valence-corrected chi connectivity index (χ2v) is 16.3. The lowest BCUT2D eigenvalue weighted by Gasteiger charge is -2.33. The molecule has 2 N–H and O–H groups in total. The van der Waals surface area contributed by atoms with E-state index in [1.54, 1.807) is 28.1 Å². The van der Waals surface area contributed by atoms with E-state index in [0.29, 0.717) is 63.2 Å². The van der Waals surface area contributed by atoms with Crippen LogP contribution in [0, 0.1) is 29.1 Å². The quantitative estimate of drug-likeness (QED) is 0.0806. The van der Waals surface area contributed by atoms with Gasteiger partial charge in [-0.3, -0.25) is 14.5 Å². The minimum Gasteiger partial charge on any atom is -0.493 e. The Hall–Kier alpha value is -3.62. The van der Waals surface area contributed by atoms with Crippen molar-refractivity contribution in [2.75, 3.05) is 61.1 Å². The summed E-state index contributed by atoms with van der Waals surface area (Å²) in [5.41, 5.74) is 5.83. The molecular formula is C41H67N3O11. The van der Waals surface area contributed by atoms with Crippen molar-refractivity contribution in [2.45, 2.75) is 111 Å². The molecule has 0 radical (unpaired) electrons. The molecule has 4 atom stereocenters. The lowest BCUT2D eigenvalue weighted by Crippen LogP contribution is -2.43. The van der Waals surface area contributed by atoms with E-state index in [0.717, 1.165) is 25.1 Å². The number of ether oxygens (including phenoxy) is 7. The lowest BCUT2D eigenvalue weighted by atomic mass is 9.78. The lowest BCUT2D eigenvalue weighted by molar-refractivity contribution is -0.129. The Morgan fingerprint density at radius 1 is 0.964 bits per heavy atom. The van der Waals surface area contributed by atoms with Crippen molar-refractivity contribution in [1.29, 1.82) is 0 Å². The van der Waals surface area contributed by atoms with E-state index in [-0.39, 0.29) is 48.7 Å². The smallest absolute Gasteiger partial charge is 0.493 e. The molecule has 2 aliphatic rings. The molecule has 55 heavy (non-hydrogen) atoms. The number of ketones is 1. The van der Waals surface area contributed by atoms with E-state index in [4.69, 9.17) is 38.9 Å². The predicted molar refractivity (Wildman–Crippen MR) is 207 cm³/mol. The fourth-order valence-corrected chi connectivity index (χ4v) is 7.08. The van der Waals surface area contributed by atoms with Gasteiger partial charge < -0.3 is 43.8 Å². The number of hydrogen-bond acceptors (Lipinski definition) is 12. The maximum atomic E-state index is 13.7. The number of methoxy groups -OCH3 is 2. The maximum absolute atomic E-state index is 13.7. The molecule has 1 aromatic carbocycles. The Bertz CT molecular complexity index is 1380. The fraction of sp³-hybridized carbons (Fsp3) is 0.756. The third-order valence-corrected chi connectivity index (χ3v) is 11.1. The number of hydrogen-bond donors (Lipinski definition) is 1. The Labute approximate surface area is 327 Å². The number of carbonyl (C=O) groups excluding carboxylic acids is 4. The molecule has 0 unspecified atom stereocenters. The minimum absolute atomic E-state index is 0.0130. The Morgan fingerprint density at radius 2 is 1.67 bits per heavy atom. The number of amides is 2. The highest BCUT2D eigenvalue weighted by molar-refractivity contribution is 5.84. The van der Waals surface area contributed by atoms with Crippen LogP contribution < -0.4 is 15.2 Å². The van der Waals surface area contributed by atoms with Crippen molar-refractivity contribution in [3.8, 4) is 11.5 Å². The molecule has 0 aliphatic carbocycles. The third kappa shape index (κ3) is 14.4. The van der Waals surface area contributed by atoms with Crippen molar-refractivity contribution in [3.63, 3.8) is 0 Å². The highest BCUT2D eigenvalue weighted by Gasteiger charge is 2.43. The molecule has 3 rings (SSSR count). The Kier molecular flexibility index (Phi) is 18.5. The number of nitrogens with zero attached hydrogens (tertiary/aromatic N) is 2. The van der Waals surface area contributed by atoms with Crippen LogP contribution in [0.25, 0.3) is 0 Å². The van der Waals surface area contributed by atoms with Gasteiger partial charge in [-0.2, -0.15) is 0 Å². The Morgan fingerprint density at radius 3 is 2.29 bits per heavy atom. The highest BCUT2D eigenvalue weighted by atomic mass is 16.8. The zero-order valence-corrected chi connectivity index (χ0v) is 34.6. The molecule has 2 aliphatic heterocycles. The zero-order chi connectivity index (χ0) is 40.7. The zero-order valence-electron chi connectivity index (χ0n) is 34.6. The van der Waals surface area contributed by atoms with Gasteiger partial charge in [-0.05, 0) is 81.0 Å². The third-order valence-electron chi connectivity index (χ3n) is 11.1. The number of likely N-dealkylation sites (tertiary alicyclic amines) is 1. The summed E-state index contributed by atoms with van der Waals surface area (Å²) in [5.74, 6) is 0.784. The molecule has 2 amide bonds. The van der Waals surface area contributed by atoms with Gasteiger partial charge in [-0.15, -0.1) is 0 Å². The Balaban J connectivity index is 1.79. The van der Waals surface area contributed by atoms with Crippen LogP contribution in [-0.2, 0) is 39.7 Å². The van der Waals surface area contributed by atoms with E-state index >= 15 is 0 Å². The first-order valence-corrected chi connectivity index (χ1v) is 19.7. The summed E-state index contributed by atoms with van der Waals surface area (Å²) in [6.07, 6.45) is 2.03. The maximum Gasteiger partial charge on any atom is 0.511 e. The summed E-state index contributed by atoms with van der Waals surface area (Å²) >= 11 is 0. The van der Waals surface area contributed by atoms with Crippen molar-refractivity contribution < 1.29 is 52.3 Å². The van der Waals surface area contributed by atoms with Gasteiger partial charge in [0.05, 0.1) is 25.9 Å². The van der Waals surface area contributed by atoms with Crippen molar-refractivity contribution in [2.24, 2.45) is 34.8 Å². The van der Waals surface area contributed by atoms with Gasteiger partial charge in [-0.1, -0.05) is 47.6 Å². The summed E-state index contributed by atoms with van der Waals surface area (Å²) in [6.45, 7) is 13.8. The molecule has 14 heteroatoms. The molecule has 2 heterocycles. The number of carbonyl (C=O) groups is 4. The highest BCUT2D eigenvalue weighted by Crippen LogP contribution is 2.36. The molecule has 312 valence electrons. The van der Waals surface area contributed by atoms with Crippen LogP contribution in [0.1, 0.15) is 92.1 Å². The summed E-state index contributed by atoms with van der Waals surface area (Å²) in [7, 11) is 5.28. The second-order valence-electron chi connectivity index (χ2n) is 16.3. The number of primary amides is 1. The summed E-state index contributed by atoms with van der Waals surface area (Å²) in [5, 5.41) is 0. The number of nitrogens with two attached hydrogens (primary N) is 1. The average molecular weight is 778 g/mol. The molecule has 2 saturated heterocycles. The molecule has 0 saturated carbocycles. The van der Waals surface area contributed by atoms with Crippen LogP contribution in [0.2, 0.25) is 0 Å². The molecule has 0 bridgehead atoms. The SMILES string of the molecule is COCCCOc1cc(C[C@@H](C[C@H]2[C@H](C[C@H](C(=O)CCC(C)(C)C(N)=O)C(C)C)OCN2C(=O)OCOC(=O)OC2CCN(C)CC2)C(C)C)ccc1OC. The van der Waals surface area contributed by atoms with Crippen molar-refractivity contribution in [1.82, 2.24) is 9.80 Å². The first kappa shape index (κ1) is 45.8. The first-order valence-electron chi connectivity index (χ1n) is 19.7. The van der Waals surface area contributed by atoms with Gasteiger partial charge in [0.1, 0.15) is 18.6 Å². The van der Waals surface area contributed by atoms with Gasteiger partial charge >= 0.3 is 12.2 Å². The van der Waals surface area contributed by atoms with Crippen LogP contribution in [0.5, 0.6) is 11.5 Å². The summed E-state index contributed by atoms with van der Waals surface area (Å²) in [6, 6.07) is 5.48. The largest absolute Gasteiger partial charge is 0.511 e. The fourth-order valence-electron chi connectivity index (χ4n) is 7.08. The second kappa shape index (κ2) is 22.2. The first-order chi connectivity index (χ1) is 26.1. The van der Waals surface area contributed by atoms with E-state index in [1.807, 2.05) is 39.1 Å². The number of Topliss-reactive ketones (excluding diaryl/α,β-unsaturated/α-hetero) is 1. The van der Waals surface area contributed by atoms with E-state index in [1.165, 1.54) is 4.90 Å². The molecule has 14 nitrogen and oxygen atoms in total. The van der Waals surface area contributed by atoms with Crippen molar-refractivity contribution in [3.05, 3.63) is 23.8 Å². The van der Waals surface area contributed by atoms with Gasteiger partial charge in [0.25, 0.3) is 0 Å². The van der Waals surface area contributed by atoms with Gasteiger partial charge in [0.2, 0.25) is 12.7 Å². The van der Waals surface area contributed by atoms with Crippen LogP contribution in [0.4, 0.5) is 9.59 Å². The van der Waals surface area contributed by atoms with Gasteiger partial charge in [0, 0.05) is 51.0 Å². The number of benzene rings is 1.